The molecule has 3 aromatic rings. The summed E-state index contributed by atoms with van der Waals surface area (Å²) < 4.78 is 39.7. The van der Waals surface area contributed by atoms with Crippen LogP contribution < -0.4 is 9.04 Å². The number of carboxylic acids is 1. The summed E-state index contributed by atoms with van der Waals surface area (Å²) in [6.07, 6.45) is 0. The van der Waals surface area contributed by atoms with Gasteiger partial charge in [0.25, 0.3) is 10.0 Å². The second-order valence-electron chi connectivity index (χ2n) is 8.88. The monoisotopic (exact) mass is 487 g/mol. The molecule has 0 fully saturated rings. The van der Waals surface area contributed by atoms with E-state index in [-0.39, 0.29) is 29.5 Å². The molecule has 0 aliphatic heterocycles. The lowest BCUT2D eigenvalue weighted by molar-refractivity contribution is 0.0696. The Morgan fingerprint density at radius 2 is 1.65 bits per heavy atom. The zero-order valence-corrected chi connectivity index (χ0v) is 20.6. The first-order chi connectivity index (χ1) is 15.8. The van der Waals surface area contributed by atoms with Crippen LogP contribution in [0.3, 0.4) is 0 Å². The lowest BCUT2D eigenvalue weighted by atomic mass is 10.1. The van der Waals surface area contributed by atoms with Crippen LogP contribution in [-0.2, 0) is 16.6 Å². The zero-order chi connectivity index (χ0) is 25.3. The molecule has 0 saturated carbocycles. The van der Waals surface area contributed by atoms with Crippen LogP contribution in [0.15, 0.2) is 58.0 Å². The fourth-order valence-electron chi connectivity index (χ4n) is 3.30. The number of anilines is 1. The highest BCUT2D eigenvalue weighted by atomic mass is 32.2. The molecule has 0 unspecified atom stereocenters. The fraction of sp³-hybridized carbons (Fsp3) is 0.320. The van der Waals surface area contributed by atoms with Crippen LogP contribution in [0.4, 0.5) is 5.69 Å². The van der Waals surface area contributed by atoms with Gasteiger partial charge >= 0.3 is 5.97 Å². The third-order valence-corrected chi connectivity index (χ3v) is 6.86. The van der Waals surface area contributed by atoms with E-state index in [1.807, 2.05) is 13.8 Å². The highest BCUT2D eigenvalue weighted by molar-refractivity contribution is 7.92. The lowest BCUT2D eigenvalue weighted by Gasteiger charge is -2.31. The highest BCUT2D eigenvalue weighted by Crippen LogP contribution is 2.37. The van der Waals surface area contributed by atoms with Gasteiger partial charge in [0, 0.05) is 0 Å². The number of furan rings is 1. The van der Waals surface area contributed by atoms with Crippen molar-refractivity contribution in [1.29, 1.82) is 0 Å². The van der Waals surface area contributed by atoms with Crippen molar-refractivity contribution < 1.29 is 32.6 Å². The first-order valence-corrected chi connectivity index (χ1v) is 12.1. The Balaban J connectivity index is 2.05. The van der Waals surface area contributed by atoms with E-state index in [0.717, 1.165) is 15.4 Å². The Labute approximate surface area is 199 Å². The molecule has 2 N–H and O–H groups in total. The van der Waals surface area contributed by atoms with Crippen LogP contribution in [0, 0.1) is 20.8 Å². The summed E-state index contributed by atoms with van der Waals surface area (Å²) in [7, 11) is -4.16. The van der Waals surface area contributed by atoms with Crippen LogP contribution in [0.5, 0.6) is 5.75 Å². The zero-order valence-electron chi connectivity index (χ0n) is 19.8. The number of aryl methyl sites for hydroxylation is 3. The molecule has 3 rings (SSSR count). The second-order valence-corrected chi connectivity index (χ2v) is 10.7. The van der Waals surface area contributed by atoms with E-state index in [0.29, 0.717) is 17.1 Å². The van der Waals surface area contributed by atoms with E-state index in [9.17, 15) is 18.3 Å². The van der Waals surface area contributed by atoms with E-state index in [1.54, 1.807) is 37.3 Å². The van der Waals surface area contributed by atoms with E-state index in [1.165, 1.54) is 32.0 Å². The van der Waals surface area contributed by atoms with Crippen molar-refractivity contribution in [1.82, 2.24) is 0 Å². The Hall–Kier alpha value is -3.30. The Morgan fingerprint density at radius 1 is 1.03 bits per heavy atom. The van der Waals surface area contributed by atoms with Crippen molar-refractivity contribution in [2.45, 2.75) is 51.9 Å². The molecule has 0 bridgehead atoms. The summed E-state index contributed by atoms with van der Waals surface area (Å²) in [6.45, 7) is 8.30. The molecule has 0 saturated heterocycles. The van der Waals surface area contributed by atoms with Crippen LogP contribution in [0.2, 0.25) is 0 Å². The molecule has 2 aromatic carbocycles. The third-order valence-electron chi connectivity index (χ3n) is 5.23. The molecule has 9 heteroatoms. The van der Waals surface area contributed by atoms with Crippen molar-refractivity contribution in [3.63, 3.8) is 0 Å². The number of carboxylic acid groups (broad SMARTS) is 1. The summed E-state index contributed by atoms with van der Waals surface area (Å²) in [5.74, 6) is -0.269. The van der Waals surface area contributed by atoms with Gasteiger partial charge in [-0.25, -0.2) is 4.79 Å². The topological polar surface area (TPSA) is 117 Å². The number of carbonyl (C=O) groups is 1. The summed E-state index contributed by atoms with van der Waals surface area (Å²) in [4.78, 5) is 11.1. The number of benzene rings is 2. The van der Waals surface area contributed by atoms with Gasteiger partial charge in [0.1, 0.15) is 18.1 Å². The predicted molar refractivity (Wildman–Crippen MR) is 128 cm³/mol. The fourth-order valence-corrected chi connectivity index (χ4v) is 4.88. The molecule has 0 atom stereocenters. The van der Waals surface area contributed by atoms with Gasteiger partial charge in [-0.3, -0.25) is 4.31 Å². The van der Waals surface area contributed by atoms with Gasteiger partial charge in [0.05, 0.1) is 23.4 Å². The Morgan fingerprint density at radius 3 is 2.18 bits per heavy atom. The van der Waals surface area contributed by atoms with Gasteiger partial charge in [-0.05, 0) is 87.7 Å². The van der Waals surface area contributed by atoms with Crippen molar-refractivity contribution in [3.8, 4) is 5.75 Å². The quantitative estimate of drug-likeness (QED) is 0.458. The summed E-state index contributed by atoms with van der Waals surface area (Å²) >= 11 is 0. The number of hydrogen-bond acceptors (Lipinski definition) is 6. The third kappa shape index (κ3) is 5.78. The summed E-state index contributed by atoms with van der Waals surface area (Å²) in [5.41, 5.74) is 1.53. The molecule has 0 amide bonds. The van der Waals surface area contributed by atoms with E-state index in [2.05, 4.69) is 0 Å². The van der Waals surface area contributed by atoms with E-state index >= 15 is 0 Å². The molecule has 0 aliphatic rings. The van der Waals surface area contributed by atoms with Crippen LogP contribution in [-0.4, -0.2) is 36.7 Å². The van der Waals surface area contributed by atoms with Gasteiger partial charge in [0.15, 0.2) is 0 Å². The number of rotatable bonds is 9. The molecular formula is C25H29NO7S. The SMILES string of the molecule is Cc1ccc(S(=O)(=O)N(CC(C)(C)O)c2cc(C)c(C)cc2OCc2ccc(C(=O)O)cc2)o1. The standard InChI is InChI=1S/C25H29NO7S/c1-16-12-21(26(15-25(4,5)29)34(30,31)23-11-6-18(3)33-23)22(13-17(16)2)32-14-19-7-9-20(10-8-19)24(27)28/h6-13,29H,14-15H2,1-5H3,(H,27,28). The first-order valence-electron chi connectivity index (χ1n) is 10.7. The van der Waals surface area contributed by atoms with Crippen LogP contribution >= 0.6 is 0 Å². The highest BCUT2D eigenvalue weighted by Gasteiger charge is 2.34. The van der Waals surface area contributed by atoms with Gasteiger partial charge in [-0.1, -0.05) is 12.1 Å². The molecule has 182 valence electrons. The van der Waals surface area contributed by atoms with Gasteiger partial charge in [-0.2, -0.15) is 8.42 Å². The number of ether oxygens (including phenoxy) is 1. The minimum Gasteiger partial charge on any atom is -0.487 e. The second kappa shape index (κ2) is 9.52. The van der Waals surface area contributed by atoms with Crippen molar-refractivity contribution in [2.75, 3.05) is 10.8 Å². The average Bonchev–Trinajstić information content (AvgIpc) is 3.19. The number of nitrogens with zero attached hydrogens (tertiary/aromatic N) is 1. The average molecular weight is 488 g/mol. The molecule has 0 spiro atoms. The Kier molecular flexibility index (Phi) is 7.09. The molecule has 0 aliphatic carbocycles. The largest absolute Gasteiger partial charge is 0.487 e. The number of aliphatic hydroxyl groups is 1. The first kappa shape index (κ1) is 25.3. The lowest BCUT2D eigenvalue weighted by Crippen LogP contribution is -2.42. The molecule has 1 heterocycles. The maximum absolute atomic E-state index is 13.6. The number of sulfonamides is 1. The van der Waals surface area contributed by atoms with E-state index < -0.39 is 21.6 Å². The van der Waals surface area contributed by atoms with Crippen molar-refractivity contribution in [2.24, 2.45) is 0 Å². The maximum atomic E-state index is 13.6. The Bertz CT molecular complexity index is 1290. The van der Waals surface area contributed by atoms with Gasteiger partial charge < -0.3 is 19.4 Å². The minimum absolute atomic E-state index is 0.0890. The van der Waals surface area contributed by atoms with Gasteiger partial charge in [0.2, 0.25) is 5.09 Å². The maximum Gasteiger partial charge on any atom is 0.335 e. The van der Waals surface area contributed by atoms with Crippen molar-refractivity contribution >= 4 is 21.7 Å². The predicted octanol–water partition coefficient (Wildman–Crippen LogP) is 4.45. The molecule has 1 aromatic heterocycles. The molecule has 34 heavy (non-hydrogen) atoms. The number of hydrogen-bond donors (Lipinski definition) is 2. The van der Waals surface area contributed by atoms with Crippen LogP contribution in [0.25, 0.3) is 0 Å². The van der Waals surface area contributed by atoms with Crippen LogP contribution in [0.1, 0.15) is 46.7 Å². The minimum atomic E-state index is -4.16. The van der Waals surface area contributed by atoms with Crippen molar-refractivity contribution in [3.05, 3.63) is 76.5 Å². The summed E-state index contributed by atoms with van der Waals surface area (Å²) in [6, 6.07) is 12.6. The smallest absolute Gasteiger partial charge is 0.335 e. The van der Waals surface area contributed by atoms with Gasteiger partial charge in [-0.15, -0.1) is 0 Å². The molecule has 0 radical (unpaired) electrons. The summed E-state index contributed by atoms with van der Waals surface area (Å²) in [5, 5.41) is 19.4. The van der Waals surface area contributed by atoms with E-state index in [4.69, 9.17) is 14.3 Å². The normalized spacial score (nSPS) is 11.9. The number of aromatic carboxylic acids is 1. The molecular weight excluding hydrogens is 458 g/mol. The molecule has 8 nitrogen and oxygen atoms in total.